The maximum absolute atomic E-state index is 12.8. The number of rotatable bonds is 3. The molecule has 1 aromatic carbocycles. The van der Waals surface area contributed by atoms with E-state index in [0.29, 0.717) is 47.0 Å². The van der Waals surface area contributed by atoms with Crippen molar-refractivity contribution in [2.45, 2.75) is 32.2 Å². The number of nitrogen functional groups attached to an aromatic ring is 1. The Morgan fingerprint density at radius 3 is 2.82 bits per heavy atom. The van der Waals surface area contributed by atoms with Crippen LogP contribution in [0.4, 0.5) is 5.82 Å². The van der Waals surface area contributed by atoms with Crippen LogP contribution in [0, 0.1) is 17.2 Å². The van der Waals surface area contributed by atoms with Gasteiger partial charge >= 0.3 is 0 Å². The summed E-state index contributed by atoms with van der Waals surface area (Å²) in [5.74, 6) is 1.15. The van der Waals surface area contributed by atoms with Crippen LogP contribution < -0.4 is 10.5 Å². The molecule has 2 N–H and O–H groups in total. The first kappa shape index (κ1) is 18.6. The molecular weight excluding hydrogens is 376 g/mol. The van der Waals surface area contributed by atoms with Gasteiger partial charge in [-0.15, -0.1) is 0 Å². The second-order valence-corrected chi connectivity index (χ2v) is 7.67. The van der Waals surface area contributed by atoms with Gasteiger partial charge in [-0.3, -0.25) is 4.79 Å². The van der Waals surface area contributed by atoms with Crippen molar-refractivity contribution in [2.75, 3.05) is 19.4 Å². The Hall–Kier alpha value is -2.78. The minimum atomic E-state index is 0.131. The van der Waals surface area contributed by atoms with Crippen molar-refractivity contribution in [1.82, 2.24) is 9.88 Å². The average molecular weight is 397 g/mol. The molecule has 0 saturated heterocycles. The molecule has 7 heteroatoms. The molecule has 1 saturated carbocycles. The third-order valence-electron chi connectivity index (χ3n) is 5.70. The van der Waals surface area contributed by atoms with Crippen molar-refractivity contribution >= 4 is 23.3 Å². The van der Waals surface area contributed by atoms with Gasteiger partial charge in [-0.05, 0) is 31.0 Å². The second kappa shape index (κ2) is 7.33. The van der Waals surface area contributed by atoms with Gasteiger partial charge in [0.25, 0.3) is 0 Å². The highest BCUT2D eigenvalue weighted by Crippen LogP contribution is 2.40. The first-order valence-electron chi connectivity index (χ1n) is 9.37. The third kappa shape index (κ3) is 3.06. The van der Waals surface area contributed by atoms with E-state index in [1.165, 1.54) is 0 Å². The van der Waals surface area contributed by atoms with Crippen LogP contribution in [-0.2, 0) is 17.8 Å². The van der Waals surface area contributed by atoms with Crippen molar-refractivity contribution in [1.29, 1.82) is 5.26 Å². The Kier molecular flexibility index (Phi) is 4.86. The monoisotopic (exact) mass is 396 g/mol. The lowest BCUT2D eigenvalue weighted by atomic mass is 9.83. The van der Waals surface area contributed by atoms with Crippen LogP contribution in [0.2, 0.25) is 5.02 Å². The van der Waals surface area contributed by atoms with E-state index in [9.17, 15) is 10.1 Å². The number of pyridine rings is 1. The number of carbonyl (C=O) groups is 1. The molecule has 0 spiro atoms. The van der Waals surface area contributed by atoms with E-state index in [2.05, 4.69) is 11.1 Å². The van der Waals surface area contributed by atoms with E-state index >= 15 is 0 Å². The van der Waals surface area contributed by atoms with E-state index in [1.54, 1.807) is 19.2 Å². The molecule has 1 aromatic heterocycles. The number of methoxy groups -OCH3 is 1. The van der Waals surface area contributed by atoms with Gasteiger partial charge in [0.05, 0.1) is 17.8 Å². The van der Waals surface area contributed by atoms with Crippen LogP contribution in [0.3, 0.4) is 0 Å². The summed E-state index contributed by atoms with van der Waals surface area (Å²) in [6, 6.07) is 7.51. The summed E-state index contributed by atoms with van der Waals surface area (Å²) >= 11 is 6.52. The fourth-order valence-corrected chi connectivity index (χ4v) is 4.18. The van der Waals surface area contributed by atoms with E-state index in [-0.39, 0.29) is 17.6 Å². The minimum absolute atomic E-state index is 0.131. The average Bonchev–Trinajstić information content (AvgIpc) is 2.65. The number of anilines is 1. The van der Waals surface area contributed by atoms with E-state index in [4.69, 9.17) is 22.1 Å². The van der Waals surface area contributed by atoms with Gasteiger partial charge in [-0.25, -0.2) is 4.98 Å². The molecule has 4 rings (SSSR count). The second-order valence-electron chi connectivity index (χ2n) is 7.27. The zero-order valence-electron chi connectivity index (χ0n) is 15.7. The molecule has 1 fully saturated rings. The van der Waals surface area contributed by atoms with Crippen molar-refractivity contribution < 1.29 is 9.53 Å². The highest BCUT2D eigenvalue weighted by Gasteiger charge is 2.33. The molecule has 1 aliphatic heterocycles. The molecule has 1 amide bonds. The summed E-state index contributed by atoms with van der Waals surface area (Å²) in [4.78, 5) is 19.1. The molecule has 6 nitrogen and oxygen atoms in total. The lowest BCUT2D eigenvalue weighted by molar-refractivity contribution is -0.139. The van der Waals surface area contributed by atoms with Crippen LogP contribution in [0.1, 0.15) is 36.1 Å². The molecular formula is C21H21ClN4O2. The van der Waals surface area contributed by atoms with Crippen molar-refractivity contribution in [3.05, 3.63) is 40.0 Å². The molecule has 2 aliphatic rings. The van der Waals surface area contributed by atoms with E-state index < -0.39 is 0 Å². The number of carbonyl (C=O) groups excluding carboxylic acids is 1. The number of fused-ring (bicyclic) bond motifs is 1. The van der Waals surface area contributed by atoms with Crippen molar-refractivity contribution in [3.8, 4) is 22.9 Å². The van der Waals surface area contributed by atoms with Gasteiger partial charge in [0.2, 0.25) is 5.91 Å². The number of ether oxygens (including phenoxy) is 1. The number of nitrogens with zero attached hydrogens (tertiary/aromatic N) is 3. The predicted octanol–water partition coefficient (Wildman–Crippen LogP) is 3.55. The summed E-state index contributed by atoms with van der Waals surface area (Å²) in [6.45, 7) is 1.04. The first-order valence-corrected chi connectivity index (χ1v) is 9.75. The summed E-state index contributed by atoms with van der Waals surface area (Å²) in [5, 5.41) is 10.2. The van der Waals surface area contributed by atoms with Gasteiger partial charge < -0.3 is 15.4 Å². The minimum Gasteiger partial charge on any atom is -0.497 e. The Labute approximate surface area is 168 Å². The highest BCUT2D eigenvalue weighted by molar-refractivity contribution is 6.33. The number of amides is 1. The zero-order chi connectivity index (χ0) is 19.8. The van der Waals surface area contributed by atoms with Crippen LogP contribution in [0.5, 0.6) is 5.75 Å². The molecule has 2 heterocycles. The lowest BCUT2D eigenvalue weighted by Crippen LogP contribution is -2.42. The van der Waals surface area contributed by atoms with Crippen molar-refractivity contribution in [3.63, 3.8) is 0 Å². The molecule has 28 heavy (non-hydrogen) atoms. The summed E-state index contributed by atoms with van der Waals surface area (Å²) in [7, 11) is 1.57. The SMILES string of the molecule is COc1ccc(-c2c(C#N)c(N)nc3c2CN(C(=O)C2CCC2)CC3)c(Cl)c1. The highest BCUT2D eigenvalue weighted by atomic mass is 35.5. The van der Waals surface area contributed by atoms with Gasteiger partial charge in [0, 0.05) is 42.1 Å². The Morgan fingerprint density at radius 2 is 2.21 bits per heavy atom. The number of hydrogen-bond donors (Lipinski definition) is 1. The van der Waals surface area contributed by atoms with Gasteiger partial charge in [0.1, 0.15) is 23.2 Å². The van der Waals surface area contributed by atoms with Crippen LogP contribution >= 0.6 is 11.6 Å². The number of halogens is 1. The maximum Gasteiger partial charge on any atom is 0.225 e. The normalized spacial score (nSPS) is 16.1. The Balaban J connectivity index is 1.83. The predicted molar refractivity (Wildman–Crippen MR) is 107 cm³/mol. The van der Waals surface area contributed by atoms with E-state index in [0.717, 1.165) is 30.5 Å². The zero-order valence-corrected chi connectivity index (χ0v) is 16.4. The largest absolute Gasteiger partial charge is 0.497 e. The number of benzene rings is 1. The number of aromatic nitrogens is 1. The number of hydrogen-bond acceptors (Lipinski definition) is 5. The molecule has 1 aliphatic carbocycles. The molecule has 0 bridgehead atoms. The summed E-state index contributed by atoms with van der Waals surface area (Å²) < 4.78 is 5.23. The van der Waals surface area contributed by atoms with Crippen LogP contribution in [0.15, 0.2) is 18.2 Å². The standard InChI is InChI=1S/C21H21ClN4O2/c1-28-13-5-6-14(17(22)9-13)19-15(10-23)20(24)25-18-7-8-26(11-16(18)19)21(27)12-3-2-4-12/h5-6,9,12H,2-4,7-8,11H2,1H3,(H2,24,25). The van der Waals surface area contributed by atoms with Gasteiger partial charge in [-0.2, -0.15) is 5.26 Å². The van der Waals surface area contributed by atoms with E-state index in [1.807, 2.05) is 11.0 Å². The van der Waals surface area contributed by atoms with Gasteiger partial charge in [0.15, 0.2) is 0 Å². The Bertz CT molecular complexity index is 995. The molecule has 0 unspecified atom stereocenters. The summed E-state index contributed by atoms with van der Waals surface area (Å²) in [6.07, 6.45) is 3.65. The molecule has 2 aromatic rings. The fourth-order valence-electron chi connectivity index (χ4n) is 3.92. The molecule has 144 valence electrons. The first-order chi connectivity index (χ1) is 13.5. The van der Waals surface area contributed by atoms with Gasteiger partial charge in [-0.1, -0.05) is 18.0 Å². The maximum atomic E-state index is 12.8. The lowest BCUT2D eigenvalue weighted by Gasteiger charge is -2.35. The third-order valence-corrected chi connectivity index (χ3v) is 6.02. The van der Waals surface area contributed by atoms with Crippen LogP contribution in [-0.4, -0.2) is 29.4 Å². The molecule has 0 radical (unpaired) electrons. The van der Waals surface area contributed by atoms with Crippen LogP contribution in [0.25, 0.3) is 11.1 Å². The number of nitriles is 1. The van der Waals surface area contributed by atoms with Crippen molar-refractivity contribution in [2.24, 2.45) is 5.92 Å². The number of nitrogens with two attached hydrogens (primary N) is 1. The summed E-state index contributed by atoms with van der Waals surface area (Å²) in [5.41, 5.74) is 9.44. The molecule has 0 atom stereocenters. The quantitative estimate of drug-likeness (QED) is 0.856. The smallest absolute Gasteiger partial charge is 0.225 e. The Morgan fingerprint density at radius 1 is 1.43 bits per heavy atom. The topological polar surface area (TPSA) is 92.2 Å². The fraction of sp³-hybridized carbons (Fsp3) is 0.381.